The topological polar surface area (TPSA) is 95.8 Å². The second-order valence-corrected chi connectivity index (χ2v) is 4.19. The van der Waals surface area contributed by atoms with Gasteiger partial charge in [-0.15, -0.1) is 0 Å². The van der Waals surface area contributed by atoms with Gasteiger partial charge in [0, 0.05) is 24.0 Å². The van der Waals surface area contributed by atoms with Gasteiger partial charge in [-0.05, 0) is 6.07 Å². The highest BCUT2D eigenvalue weighted by molar-refractivity contribution is 5.72. The van der Waals surface area contributed by atoms with Gasteiger partial charge in [0.05, 0.1) is 26.3 Å². The first-order chi connectivity index (χ1) is 10.6. The van der Waals surface area contributed by atoms with Crippen molar-refractivity contribution < 1.29 is 19.1 Å². The maximum Gasteiger partial charge on any atom is 0.310 e. The predicted molar refractivity (Wildman–Crippen MR) is 80.3 cm³/mol. The molecule has 0 saturated carbocycles. The standard InChI is InChI=1S/C14H15N3O5/c1-20-12-6-9(7-13(21-2)14(12)22-3)16-10-4-5-15-8-11(10)17(18)19/h4-8H,1-3H3,(H,15,16). The molecule has 22 heavy (non-hydrogen) atoms. The van der Waals surface area contributed by atoms with Gasteiger partial charge in [-0.25, -0.2) is 0 Å². The van der Waals surface area contributed by atoms with Crippen molar-refractivity contribution >= 4 is 17.1 Å². The van der Waals surface area contributed by atoms with E-state index in [1.807, 2.05) is 0 Å². The van der Waals surface area contributed by atoms with E-state index < -0.39 is 4.92 Å². The number of anilines is 2. The third-order valence-electron chi connectivity index (χ3n) is 2.94. The number of nitro groups is 1. The molecule has 0 aliphatic heterocycles. The van der Waals surface area contributed by atoms with Crippen molar-refractivity contribution in [2.24, 2.45) is 0 Å². The second-order valence-electron chi connectivity index (χ2n) is 4.19. The number of methoxy groups -OCH3 is 3. The number of aromatic nitrogens is 1. The Hall–Kier alpha value is -3.03. The van der Waals surface area contributed by atoms with Crippen LogP contribution in [0.25, 0.3) is 0 Å². The van der Waals surface area contributed by atoms with Gasteiger partial charge in [0.1, 0.15) is 11.9 Å². The molecule has 0 unspecified atom stereocenters. The van der Waals surface area contributed by atoms with Gasteiger partial charge in [0.2, 0.25) is 5.75 Å². The Morgan fingerprint density at radius 2 is 1.77 bits per heavy atom. The van der Waals surface area contributed by atoms with Gasteiger partial charge in [-0.1, -0.05) is 0 Å². The molecule has 1 aromatic heterocycles. The molecule has 116 valence electrons. The van der Waals surface area contributed by atoms with E-state index in [4.69, 9.17) is 14.2 Å². The molecular formula is C14H15N3O5. The van der Waals surface area contributed by atoms with E-state index in [-0.39, 0.29) is 5.69 Å². The van der Waals surface area contributed by atoms with Crippen molar-refractivity contribution in [2.75, 3.05) is 26.6 Å². The summed E-state index contributed by atoms with van der Waals surface area (Å²) >= 11 is 0. The molecule has 8 heteroatoms. The summed E-state index contributed by atoms with van der Waals surface area (Å²) in [4.78, 5) is 14.3. The van der Waals surface area contributed by atoms with Crippen molar-refractivity contribution in [3.05, 3.63) is 40.7 Å². The lowest BCUT2D eigenvalue weighted by atomic mass is 10.2. The molecule has 0 atom stereocenters. The number of hydrogen-bond acceptors (Lipinski definition) is 7. The largest absolute Gasteiger partial charge is 0.493 e. The van der Waals surface area contributed by atoms with Gasteiger partial charge in [0.15, 0.2) is 11.5 Å². The summed E-state index contributed by atoms with van der Waals surface area (Å²) in [6.45, 7) is 0. The fourth-order valence-corrected chi connectivity index (χ4v) is 1.95. The first-order valence-electron chi connectivity index (χ1n) is 6.26. The Bertz CT molecular complexity index is 665. The van der Waals surface area contributed by atoms with Gasteiger partial charge in [0.25, 0.3) is 0 Å². The van der Waals surface area contributed by atoms with Gasteiger partial charge in [-0.3, -0.25) is 15.1 Å². The number of nitrogens with zero attached hydrogens (tertiary/aromatic N) is 2. The molecule has 0 aliphatic carbocycles. The van der Waals surface area contributed by atoms with Crippen LogP contribution in [0.5, 0.6) is 17.2 Å². The van der Waals surface area contributed by atoms with Crippen LogP contribution in [-0.2, 0) is 0 Å². The Morgan fingerprint density at radius 3 is 2.27 bits per heavy atom. The van der Waals surface area contributed by atoms with Gasteiger partial charge < -0.3 is 19.5 Å². The lowest BCUT2D eigenvalue weighted by Gasteiger charge is -2.15. The molecule has 8 nitrogen and oxygen atoms in total. The smallest absolute Gasteiger partial charge is 0.310 e. The van der Waals surface area contributed by atoms with Crippen LogP contribution in [0.1, 0.15) is 0 Å². The summed E-state index contributed by atoms with van der Waals surface area (Å²) in [7, 11) is 4.49. The molecule has 0 spiro atoms. The molecular weight excluding hydrogens is 290 g/mol. The molecule has 0 radical (unpaired) electrons. The number of nitrogens with one attached hydrogen (secondary N) is 1. The average molecular weight is 305 g/mol. The lowest BCUT2D eigenvalue weighted by molar-refractivity contribution is -0.384. The monoisotopic (exact) mass is 305 g/mol. The zero-order valence-electron chi connectivity index (χ0n) is 12.3. The van der Waals surface area contributed by atoms with E-state index in [1.54, 1.807) is 12.1 Å². The Labute approximate surface area is 126 Å². The third-order valence-corrected chi connectivity index (χ3v) is 2.94. The van der Waals surface area contributed by atoms with Crippen LogP contribution in [0.2, 0.25) is 0 Å². The summed E-state index contributed by atoms with van der Waals surface area (Å²) in [6, 6.07) is 4.83. The number of pyridine rings is 1. The number of hydrogen-bond donors (Lipinski definition) is 1. The van der Waals surface area contributed by atoms with Crippen LogP contribution in [0.4, 0.5) is 17.1 Å². The number of ether oxygens (including phenoxy) is 3. The van der Waals surface area contributed by atoms with E-state index >= 15 is 0 Å². The van der Waals surface area contributed by atoms with Gasteiger partial charge >= 0.3 is 5.69 Å². The van der Waals surface area contributed by atoms with Gasteiger partial charge in [-0.2, -0.15) is 0 Å². The molecule has 1 heterocycles. The maximum absolute atomic E-state index is 11.0. The molecule has 1 N–H and O–H groups in total. The van der Waals surface area contributed by atoms with Crippen LogP contribution in [-0.4, -0.2) is 31.2 Å². The Kier molecular flexibility index (Phi) is 4.62. The fourth-order valence-electron chi connectivity index (χ4n) is 1.95. The van der Waals surface area contributed by atoms with E-state index in [2.05, 4.69) is 10.3 Å². The molecule has 0 fully saturated rings. The number of rotatable bonds is 6. The van der Waals surface area contributed by atoms with Crippen LogP contribution in [0.15, 0.2) is 30.6 Å². The van der Waals surface area contributed by atoms with E-state index in [0.717, 1.165) is 0 Å². The minimum absolute atomic E-state index is 0.128. The molecule has 0 aliphatic rings. The maximum atomic E-state index is 11.0. The zero-order valence-corrected chi connectivity index (χ0v) is 12.3. The van der Waals surface area contributed by atoms with Crippen molar-refractivity contribution in [3.63, 3.8) is 0 Å². The average Bonchev–Trinajstić information content (AvgIpc) is 2.54. The molecule has 2 rings (SSSR count). The first kappa shape index (κ1) is 15.4. The fraction of sp³-hybridized carbons (Fsp3) is 0.214. The highest BCUT2D eigenvalue weighted by Gasteiger charge is 2.17. The predicted octanol–water partition coefficient (Wildman–Crippen LogP) is 2.76. The Balaban J connectivity index is 2.44. The van der Waals surface area contributed by atoms with Crippen molar-refractivity contribution in [3.8, 4) is 17.2 Å². The lowest BCUT2D eigenvalue weighted by Crippen LogP contribution is -2.00. The van der Waals surface area contributed by atoms with Crippen LogP contribution in [0, 0.1) is 10.1 Å². The summed E-state index contributed by atoms with van der Waals surface area (Å²) < 4.78 is 15.7. The summed E-state index contributed by atoms with van der Waals surface area (Å²) in [6.07, 6.45) is 2.65. The third kappa shape index (κ3) is 3.00. The van der Waals surface area contributed by atoms with E-state index in [0.29, 0.717) is 28.6 Å². The Morgan fingerprint density at radius 1 is 1.14 bits per heavy atom. The van der Waals surface area contributed by atoms with Crippen LogP contribution < -0.4 is 19.5 Å². The van der Waals surface area contributed by atoms with E-state index in [1.165, 1.54) is 39.8 Å². The molecule has 0 bridgehead atoms. The highest BCUT2D eigenvalue weighted by atomic mass is 16.6. The van der Waals surface area contributed by atoms with Crippen molar-refractivity contribution in [1.82, 2.24) is 4.98 Å². The summed E-state index contributed by atoms with van der Waals surface area (Å²) in [5.74, 6) is 1.34. The quantitative estimate of drug-likeness (QED) is 0.647. The molecule has 0 amide bonds. The zero-order chi connectivity index (χ0) is 16.1. The first-order valence-corrected chi connectivity index (χ1v) is 6.26. The van der Waals surface area contributed by atoms with Crippen molar-refractivity contribution in [1.29, 1.82) is 0 Å². The summed E-state index contributed by atoms with van der Waals surface area (Å²) in [5.41, 5.74) is 0.745. The highest BCUT2D eigenvalue weighted by Crippen LogP contribution is 2.41. The minimum atomic E-state index is -0.507. The second kappa shape index (κ2) is 6.61. The summed E-state index contributed by atoms with van der Waals surface area (Å²) in [5, 5.41) is 14.0. The SMILES string of the molecule is COc1cc(Nc2ccncc2[N+](=O)[O-])cc(OC)c1OC. The van der Waals surface area contributed by atoms with Crippen LogP contribution in [0.3, 0.4) is 0 Å². The van der Waals surface area contributed by atoms with Crippen molar-refractivity contribution in [2.45, 2.75) is 0 Å². The number of benzene rings is 1. The minimum Gasteiger partial charge on any atom is -0.493 e. The van der Waals surface area contributed by atoms with Crippen LogP contribution >= 0.6 is 0 Å². The molecule has 1 aromatic carbocycles. The van der Waals surface area contributed by atoms with E-state index in [9.17, 15) is 10.1 Å². The molecule has 2 aromatic rings. The molecule has 0 saturated heterocycles. The normalized spacial score (nSPS) is 9.95.